The van der Waals surface area contributed by atoms with E-state index in [1.165, 1.54) is 0 Å². The van der Waals surface area contributed by atoms with Crippen molar-refractivity contribution in [3.8, 4) is 0 Å². The molecule has 29 heavy (non-hydrogen) atoms. The summed E-state index contributed by atoms with van der Waals surface area (Å²) in [5, 5.41) is 5.05. The van der Waals surface area contributed by atoms with Gasteiger partial charge in [-0.1, -0.05) is 32.0 Å². The van der Waals surface area contributed by atoms with Crippen LogP contribution in [-0.2, 0) is 16.0 Å². The van der Waals surface area contributed by atoms with E-state index in [4.69, 9.17) is 0 Å². The van der Waals surface area contributed by atoms with Crippen molar-refractivity contribution < 1.29 is 22.8 Å². The smallest absolute Gasteiger partial charge is 0.238 e. The number of amides is 2. The third-order valence-electron chi connectivity index (χ3n) is 4.26. The largest absolute Gasteiger partial charge is 0.325 e. The number of nitrogens with zero attached hydrogens (tertiary/aromatic N) is 1. The first-order valence-electron chi connectivity index (χ1n) is 9.39. The molecule has 0 aromatic heterocycles. The first-order chi connectivity index (χ1) is 13.8. The lowest BCUT2D eigenvalue weighted by molar-refractivity contribution is -0.120. The molecule has 0 heterocycles. The van der Waals surface area contributed by atoms with Gasteiger partial charge in [0, 0.05) is 5.69 Å². The highest BCUT2D eigenvalue weighted by Crippen LogP contribution is 2.19. The van der Waals surface area contributed by atoms with E-state index < -0.39 is 29.0 Å². The summed E-state index contributed by atoms with van der Waals surface area (Å²) in [6.45, 7) is 4.09. The Kier molecular flexibility index (Phi) is 8.21. The summed E-state index contributed by atoms with van der Waals surface area (Å²) in [6.07, 6.45) is 1.45. The van der Waals surface area contributed by atoms with Crippen LogP contribution in [0.3, 0.4) is 0 Å². The first kappa shape index (κ1) is 22.4. The van der Waals surface area contributed by atoms with E-state index >= 15 is 0 Å². The zero-order chi connectivity index (χ0) is 21.4. The number of anilines is 2. The van der Waals surface area contributed by atoms with Gasteiger partial charge in [0.1, 0.15) is 0 Å². The third kappa shape index (κ3) is 6.32. The fourth-order valence-corrected chi connectivity index (χ4v) is 2.89. The Balaban J connectivity index is 1.99. The van der Waals surface area contributed by atoms with Crippen molar-refractivity contribution in [1.82, 2.24) is 4.90 Å². The second-order valence-electron chi connectivity index (χ2n) is 6.54. The monoisotopic (exact) mass is 407 g/mol. The minimum atomic E-state index is -1.65. The maximum atomic E-state index is 13.7. The van der Waals surface area contributed by atoms with Gasteiger partial charge in [-0.2, -0.15) is 0 Å². The van der Waals surface area contributed by atoms with Crippen LogP contribution in [0.1, 0.15) is 25.8 Å². The van der Waals surface area contributed by atoms with Crippen molar-refractivity contribution in [1.29, 1.82) is 0 Å². The Bertz CT molecular complexity index is 874. The minimum absolute atomic E-state index is 0.0421. The number of para-hydroxylation sites is 1. The predicted octanol–water partition coefficient (Wildman–Crippen LogP) is 3.96. The van der Waals surface area contributed by atoms with E-state index in [0.717, 1.165) is 24.1 Å². The topological polar surface area (TPSA) is 61.4 Å². The lowest BCUT2D eigenvalue weighted by Crippen LogP contribution is -2.39. The van der Waals surface area contributed by atoms with Crippen LogP contribution < -0.4 is 10.6 Å². The van der Waals surface area contributed by atoms with Gasteiger partial charge < -0.3 is 10.6 Å². The molecule has 2 amide bonds. The van der Waals surface area contributed by atoms with E-state index in [-0.39, 0.29) is 19.0 Å². The SMILES string of the molecule is CCCN(CC(=O)Nc1ccccc1CC)CC(=O)Nc1ccc(F)c(F)c1F. The highest BCUT2D eigenvalue weighted by atomic mass is 19.2. The Morgan fingerprint density at radius 2 is 1.48 bits per heavy atom. The van der Waals surface area contributed by atoms with Gasteiger partial charge in [0.15, 0.2) is 17.5 Å². The average molecular weight is 407 g/mol. The van der Waals surface area contributed by atoms with Gasteiger partial charge in [-0.05, 0) is 43.1 Å². The van der Waals surface area contributed by atoms with E-state index in [9.17, 15) is 22.8 Å². The Labute approximate surface area is 167 Å². The molecule has 8 heteroatoms. The molecule has 0 fully saturated rings. The van der Waals surface area contributed by atoms with Crippen LogP contribution in [0.15, 0.2) is 36.4 Å². The minimum Gasteiger partial charge on any atom is -0.325 e. The fraction of sp³-hybridized carbons (Fsp3) is 0.333. The molecule has 0 saturated heterocycles. The fourth-order valence-electron chi connectivity index (χ4n) is 2.89. The predicted molar refractivity (Wildman–Crippen MR) is 106 cm³/mol. The number of carbonyl (C=O) groups is 2. The van der Waals surface area contributed by atoms with Crippen LogP contribution in [0.25, 0.3) is 0 Å². The second-order valence-corrected chi connectivity index (χ2v) is 6.54. The van der Waals surface area contributed by atoms with Gasteiger partial charge >= 0.3 is 0 Å². The molecule has 2 rings (SSSR count). The number of hydrogen-bond donors (Lipinski definition) is 2. The van der Waals surface area contributed by atoms with E-state index in [0.29, 0.717) is 18.7 Å². The highest BCUT2D eigenvalue weighted by molar-refractivity contribution is 5.95. The molecular weight excluding hydrogens is 383 g/mol. The van der Waals surface area contributed by atoms with E-state index in [2.05, 4.69) is 10.6 Å². The number of carbonyl (C=O) groups excluding carboxylic acids is 2. The van der Waals surface area contributed by atoms with Crippen molar-refractivity contribution in [3.63, 3.8) is 0 Å². The molecule has 2 aromatic carbocycles. The standard InChI is InChI=1S/C21H24F3N3O2/c1-3-11-27(12-18(28)25-16-8-6-5-7-14(16)4-2)13-19(29)26-17-10-9-15(22)20(23)21(17)24/h5-10H,3-4,11-13H2,1-2H3,(H,25,28)(H,26,29). The highest BCUT2D eigenvalue weighted by Gasteiger charge is 2.18. The summed E-state index contributed by atoms with van der Waals surface area (Å²) < 4.78 is 40.0. The molecule has 0 aliphatic rings. The summed E-state index contributed by atoms with van der Waals surface area (Å²) in [6, 6.07) is 9.12. The lowest BCUT2D eigenvalue weighted by Gasteiger charge is -2.21. The van der Waals surface area contributed by atoms with Crippen LogP contribution in [0.5, 0.6) is 0 Å². The van der Waals surface area contributed by atoms with E-state index in [1.54, 1.807) is 11.0 Å². The molecule has 0 bridgehead atoms. The Morgan fingerprint density at radius 3 is 2.10 bits per heavy atom. The zero-order valence-electron chi connectivity index (χ0n) is 16.4. The van der Waals surface area contributed by atoms with Gasteiger partial charge in [0.2, 0.25) is 11.8 Å². The Hall–Kier alpha value is -2.87. The summed E-state index contributed by atoms with van der Waals surface area (Å²) >= 11 is 0. The number of halogens is 3. The molecule has 2 N–H and O–H groups in total. The molecule has 0 saturated carbocycles. The molecule has 2 aromatic rings. The van der Waals surface area contributed by atoms with Crippen LogP contribution in [0.2, 0.25) is 0 Å². The molecule has 0 aliphatic carbocycles. The van der Waals surface area contributed by atoms with Crippen molar-refractivity contribution in [3.05, 3.63) is 59.4 Å². The number of nitrogens with one attached hydrogen (secondary N) is 2. The number of hydrogen-bond acceptors (Lipinski definition) is 3. The van der Waals surface area contributed by atoms with Crippen LogP contribution in [-0.4, -0.2) is 36.3 Å². The summed E-state index contributed by atoms with van der Waals surface area (Å²) in [5.41, 5.74) is 1.26. The summed E-state index contributed by atoms with van der Waals surface area (Å²) in [4.78, 5) is 26.2. The van der Waals surface area contributed by atoms with Crippen molar-refractivity contribution in [2.75, 3.05) is 30.3 Å². The van der Waals surface area contributed by atoms with Gasteiger partial charge in [0.25, 0.3) is 0 Å². The molecule has 0 unspecified atom stereocenters. The van der Waals surface area contributed by atoms with E-state index in [1.807, 2.05) is 32.0 Å². The number of aryl methyl sites for hydroxylation is 1. The maximum absolute atomic E-state index is 13.7. The normalized spacial score (nSPS) is 10.8. The average Bonchev–Trinajstić information content (AvgIpc) is 2.69. The van der Waals surface area contributed by atoms with Gasteiger partial charge in [-0.25, -0.2) is 13.2 Å². The van der Waals surface area contributed by atoms with Crippen molar-refractivity contribution >= 4 is 23.2 Å². The van der Waals surface area contributed by atoms with Crippen LogP contribution in [0.4, 0.5) is 24.5 Å². The number of rotatable bonds is 9. The molecule has 0 radical (unpaired) electrons. The maximum Gasteiger partial charge on any atom is 0.238 e. The molecule has 0 spiro atoms. The summed E-state index contributed by atoms with van der Waals surface area (Å²) in [7, 11) is 0. The number of benzene rings is 2. The van der Waals surface area contributed by atoms with Crippen molar-refractivity contribution in [2.24, 2.45) is 0 Å². The second kappa shape index (κ2) is 10.6. The summed E-state index contributed by atoms with van der Waals surface area (Å²) in [5.74, 6) is -5.37. The molecule has 0 aliphatic heterocycles. The Morgan fingerprint density at radius 1 is 0.862 bits per heavy atom. The molecule has 5 nitrogen and oxygen atoms in total. The molecular formula is C21H24F3N3O2. The zero-order valence-corrected chi connectivity index (χ0v) is 16.4. The quantitative estimate of drug-likeness (QED) is 0.619. The third-order valence-corrected chi connectivity index (χ3v) is 4.26. The molecule has 0 atom stereocenters. The lowest BCUT2D eigenvalue weighted by atomic mass is 10.1. The van der Waals surface area contributed by atoms with Gasteiger partial charge in [-0.15, -0.1) is 0 Å². The van der Waals surface area contributed by atoms with Crippen LogP contribution >= 0.6 is 0 Å². The van der Waals surface area contributed by atoms with Gasteiger partial charge in [0.05, 0.1) is 18.8 Å². The van der Waals surface area contributed by atoms with Crippen LogP contribution in [0, 0.1) is 17.5 Å². The first-order valence-corrected chi connectivity index (χ1v) is 9.39. The molecule has 156 valence electrons. The van der Waals surface area contributed by atoms with Gasteiger partial charge in [-0.3, -0.25) is 14.5 Å². The van der Waals surface area contributed by atoms with Crippen molar-refractivity contribution in [2.45, 2.75) is 26.7 Å².